The Bertz CT molecular complexity index is 877. The van der Waals surface area contributed by atoms with Gasteiger partial charge in [0.1, 0.15) is 17.3 Å². The van der Waals surface area contributed by atoms with Crippen LogP contribution in [0.15, 0.2) is 47.4 Å². The fourth-order valence-electron chi connectivity index (χ4n) is 1.92. The summed E-state index contributed by atoms with van der Waals surface area (Å²) in [5.41, 5.74) is 1.49. The average molecular weight is 392 g/mol. The van der Waals surface area contributed by atoms with E-state index in [9.17, 15) is 17.6 Å². The molecule has 3 N–H and O–H groups in total. The standard InChI is InChI=1S/C14H12Cl2FN3O3S/c15-9-5-6-10(16)13(7-9)24(22,23)20(8-14(21)19-18)12-4-2-1-3-11(12)17/h1-7H,8,18H2,(H,19,21). The van der Waals surface area contributed by atoms with Crippen LogP contribution in [-0.2, 0) is 14.8 Å². The fraction of sp³-hybridized carbons (Fsp3) is 0.0714. The van der Waals surface area contributed by atoms with E-state index in [2.05, 4.69) is 0 Å². The summed E-state index contributed by atoms with van der Waals surface area (Å²) in [6.07, 6.45) is 0. The molecule has 0 unspecified atom stereocenters. The lowest BCUT2D eigenvalue weighted by atomic mass is 10.3. The third kappa shape index (κ3) is 3.78. The molecule has 0 aliphatic heterocycles. The molecular weight excluding hydrogens is 380 g/mol. The van der Waals surface area contributed by atoms with Gasteiger partial charge in [0, 0.05) is 5.02 Å². The van der Waals surface area contributed by atoms with Gasteiger partial charge in [-0.25, -0.2) is 18.7 Å². The number of nitrogens with one attached hydrogen (secondary N) is 1. The molecule has 0 heterocycles. The van der Waals surface area contributed by atoms with Crippen LogP contribution >= 0.6 is 23.2 Å². The fourth-order valence-corrected chi connectivity index (χ4v) is 4.09. The Kier molecular flexibility index (Phi) is 5.66. The van der Waals surface area contributed by atoms with E-state index in [0.717, 1.165) is 12.1 Å². The second kappa shape index (κ2) is 7.35. The normalized spacial score (nSPS) is 11.2. The highest BCUT2D eigenvalue weighted by molar-refractivity contribution is 7.93. The third-order valence-electron chi connectivity index (χ3n) is 3.03. The van der Waals surface area contributed by atoms with Gasteiger partial charge in [0.15, 0.2) is 0 Å². The molecule has 0 fully saturated rings. The first-order valence-electron chi connectivity index (χ1n) is 6.49. The summed E-state index contributed by atoms with van der Waals surface area (Å²) in [7, 11) is -4.37. The lowest BCUT2D eigenvalue weighted by Crippen LogP contribution is -2.43. The quantitative estimate of drug-likeness (QED) is 0.464. The average Bonchev–Trinajstić information content (AvgIpc) is 2.55. The summed E-state index contributed by atoms with van der Waals surface area (Å²) < 4.78 is 40.5. The van der Waals surface area contributed by atoms with Gasteiger partial charge >= 0.3 is 0 Å². The predicted molar refractivity (Wildman–Crippen MR) is 89.7 cm³/mol. The maximum atomic E-state index is 14.1. The van der Waals surface area contributed by atoms with Gasteiger partial charge < -0.3 is 0 Å². The number of carbonyl (C=O) groups is 1. The Balaban J connectivity index is 2.64. The number of hydrazine groups is 1. The highest BCUT2D eigenvalue weighted by Gasteiger charge is 2.30. The van der Waals surface area contributed by atoms with Gasteiger partial charge in [-0.2, -0.15) is 0 Å². The maximum Gasteiger partial charge on any atom is 0.266 e. The Morgan fingerprint density at radius 3 is 2.50 bits per heavy atom. The second-order valence-electron chi connectivity index (χ2n) is 4.61. The molecular formula is C14H12Cl2FN3O3S. The van der Waals surface area contributed by atoms with E-state index in [4.69, 9.17) is 29.0 Å². The number of anilines is 1. The molecule has 0 saturated carbocycles. The molecule has 0 aromatic heterocycles. The van der Waals surface area contributed by atoms with Crippen LogP contribution in [0.25, 0.3) is 0 Å². The number of hydrogen-bond acceptors (Lipinski definition) is 4. The van der Waals surface area contributed by atoms with Crippen molar-refractivity contribution in [1.29, 1.82) is 0 Å². The number of nitrogens with two attached hydrogens (primary N) is 1. The van der Waals surface area contributed by atoms with Gasteiger partial charge in [-0.05, 0) is 30.3 Å². The highest BCUT2D eigenvalue weighted by atomic mass is 35.5. The smallest absolute Gasteiger partial charge is 0.266 e. The molecule has 128 valence electrons. The number of hydrogen-bond donors (Lipinski definition) is 2. The van der Waals surface area contributed by atoms with Gasteiger partial charge in [0.05, 0.1) is 10.7 Å². The molecule has 1 amide bonds. The molecule has 0 atom stereocenters. The third-order valence-corrected chi connectivity index (χ3v) is 5.51. The molecule has 0 aliphatic rings. The Morgan fingerprint density at radius 2 is 1.88 bits per heavy atom. The second-order valence-corrected chi connectivity index (χ2v) is 7.28. The number of benzene rings is 2. The van der Waals surface area contributed by atoms with Gasteiger partial charge in [-0.15, -0.1) is 0 Å². The van der Waals surface area contributed by atoms with Crippen LogP contribution in [0.2, 0.25) is 10.0 Å². The number of nitrogens with zero attached hydrogens (tertiary/aromatic N) is 1. The summed E-state index contributed by atoms with van der Waals surface area (Å²) >= 11 is 11.8. The van der Waals surface area contributed by atoms with Crippen LogP contribution in [0, 0.1) is 5.82 Å². The molecule has 0 aliphatic carbocycles. The van der Waals surface area contributed by atoms with Crippen LogP contribution in [-0.4, -0.2) is 20.9 Å². The van der Waals surface area contributed by atoms with E-state index in [-0.39, 0.29) is 20.6 Å². The van der Waals surface area contributed by atoms with E-state index in [1.807, 2.05) is 5.43 Å². The zero-order chi connectivity index (χ0) is 17.9. The molecule has 0 spiro atoms. The summed E-state index contributed by atoms with van der Waals surface area (Å²) in [5.74, 6) is 3.35. The molecule has 6 nitrogen and oxygen atoms in total. The lowest BCUT2D eigenvalue weighted by molar-refractivity contribution is -0.119. The summed E-state index contributed by atoms with van der Waals surface area (Å²) in [4.78, 5) is 11.3. The molecule has 0 radical (unpaired) electrons. The number of halogens is 3. The van der Waals surface area contributed by atoms with Crippen LogP contribution in [0.3, 0.4) is 0 Å². The minimum Gasteiger partial charge on any atom is -0.293 e. The highest BCUT2D eigenvalue weighted by Crippen LogP contribution is 2.31. The van der Waals surface area contributed by atoms with Gasteiger partial charge in [-0.3, -0.25) is 14.5 Å². The van der Waals surface area contributed by atoms with Crippen LogP contribution in [0.5, 0.6) is 0 Å². The number of sulfonamides is 1. The van der Waals surface area contributed by atoms with Crippen molar-refractivity contribution in [1.82, 2.24) is 5.43 Å². The van der Waals surface area contributed by atoms with E-state index in [0.29, 0.717) is 4.31 Å². The van der Waals surface area contributed by atoms with Crippen molar-refractivity contribution in [2.45, 2.75) is 4.90 Å². The van der Waals surface area contributed by atoms with Crippen LogP contribution < -0.4 is 15.6 Å². The Morgan fingerprint density at radius 1 is 1.21 bits per heavy atom. The molecule has 24 heavy (non-hydrogen) atoms. The van der Waals surface area contributed by atoms with Crippen molar-refractivity contribution in [2.75, 3.05) is 10.8 Å². The Hall–Kier alpha value is -1.87. The van der Waals surface area contributed by atoms with Gasteiger partial charge in [0.25, 0.3) is 15.9 Å². The van der Waals surface area contributed by atoms with Gasteiger partial charge in [0.2, 0.25) is 0 Å². The topological polar surface area (TPSA) is 92.5 Å². The molecule has 10 heteroatoms. The van der Waals surface area contributed by atoms with Crippen LogP contribution in [0.1, 0.15) is 0 Å². The first kappa shape index (κ1) is 18.5. The van der Waals surface area contributed by atoms with Crippen molar-refractivity contribution < 1.29 is 17.6 Å². The minimum absolute atomic E-state index is 0.117. The maximum absolute atomic E-state index is 14.1. The molecule has 2 rings (SSSR count). The SMILES string of the molecule is NNC(=O)CN(c1ccccc1F)S(=O)(=O)c1cc(Cl)ccc1Cl. The van der Waals surface area contributed by atoms with E-state index in [1.54, 1.807) is 0 Å². The van der Waals surface area contributed by atoms with E-state index in [1.165, 1.54) is 30.3 Å². The van der Waals surface area contributed by atoms with E-state index < -0.39 is 28.3 Å². The van der Waals surface area contributed by atoms with Crippen molar-refractivity contribution in [3.63, 3.8) is 0 Å². The monoisotopic (exact) mass is 391 g/mol. The predicted octanol–water partition coefficient (Wildman–Crippen LogP) is 2.32. The summed E-state index contributed by atoms with van der Waals surface area (Å²) in [5, 5.41) is 0.00336. The van der Waals surface area contributed by atoms with E-state index >= 15 is 0 Å². The first-order chi connectivity index (χ1) is 11.3. The number of rotatable bonds is 5. The number of para-hydroxylation sites is 1. The molecule has 2 aromatic rings. The van der Waals surface area contributed by atoms with Crippen molar-refractivity contribution in [3.8, 4) is 0 Å². The molecule has 2 aromatic carbocycles. The van der Waals surface area contributed by atoms with Crippen molar-refractivity contribution >= 4 is 44.8 Å². The van der Waals surface area contributed by atoms with Crippen molar-refractivity contribution in [3.05, 3.63) is 58.3 Å². The summed E-state index contributed by atoms with van der Waals surface area (Å²) in [6, 6.07) is 8.92. The largest absolute Gasteiger partial charge is 0.293 e. The minimum atomic E-state index is -4.37. The van der Waals surface area contributed by atoms with Gasteiger partial charge in [-0.1, -0.05) is 35.3 Å². The van der Waals surface area contributed by atoms with Crippen LogP contribution in [0.4, 0.5) is 10.1 Å². The summed E-state index contributed by atoms with van der Waals surface area (Å²) in [6.45, 7) is -0.734. The zero-order valence-electron chi connectivity index (χ0n) is 12.0. The number of amides is 1. The molecule has 0 bridgehead atoms. The molecule has 0 saturated heterocycles. The zero-order valence-corrected chi connectivity index (χ0v) is 14.4. The van der Waals surface area contributed by atoms with Crippen molar-refractivity contribution in [2.24, 2.45) is 5.84 Å². The number of carbonyl (C=O) groups excluding carboxylic acids is 1. The Labute approximate surface area is 148 Å². The lowest BCUT2D eigenvalue weighted by Gasteiger charge is -2.24. The first-order valence-corrected chi connectivity index (χ1v) is 8.68.